The Hall–Kier alpha value is -2.15. The summed E-state index contributed by atoms with van der Waals surface area (Å²) in [7, 11) is 1.74. The molecule has 4 heteroatoms. The molecule has 0 radical (unpaired) electrons. The topological polar surface area (TPSA) is 47.7 Å². The zero-order chi connectivity index (χ0) is 27.4. The molecule has 5 aliphatic carbocycles. The minimum Gasteiger partial charge on any atom is -0.501 e. The quantitative estimate of drug-likeness (QED) is 0.286. The number of carbonyl (C=O) groups excluding carboxylic acids is 2. The molecule has 200 valence electrons. The van der Waals surface area contributed by atoms with Gasteiger partial charge in [-0.15, -0.1) is 0 Å². The van der Waals surface area contributed by atoms with Gasteiger partial charge in [-0.05, 0) is 79.1 Å². The molecular formula is C33H45NO3. The first-order valence-corrected chi connectivity index (χ1v) is 14.2. The SMILES string of the molecule is [C-]#[N+]C1=C[C@]2(C)C3=CC(=O)[C@@H]4[C@@H]5CC(C)(C)CC[C@]5(C(=C)OC)CC[C@@]4(C)[C@]3(C)CCC2C(C)(C)C1=O. The number of Topliss-reactive ketones (excluding diaryl/α,β-unsaturated/α-hetero) is 1. The van der Waals surface area contributed by atoms with Crippen molar-refractivity contribution in [3.8, 4) is 0 Å². The van der Waals surface area contributed by atoms with Crippen molar-refractivity contribution in [1.29, 1.82) is 0 Å². The van der Waals surface area contributed by atoms with Gasteiger partial charge < -0.3 is 9.53 Å². The van der Waals surface area contributed by atoms with Crippen LogP contribution in [0.2, 0.25) is 0 Å². The number of rotatable bonds is 2. The molecule has 5 rings (SSSR count). The molecule has 0 aromatic rings. The lowest BCUT2D eigenvalue weighted by molar-refractivity contribution is -0.170. The Morgan fingerprint density at radius 1 is 1.03 bits per heavy atom. The lowest BCUT2D eigenvalue weighted by Gasteiger charge is -2.69. The molecule has 4 nitrogen and oxygen atoms in total. The molecule has 0 aliphatic heterocycles. The summed E-state index contributed by atoms with van der Waals surface area (Å²) < 4.78 is 5.85. The summed E-state index contributed by atoms with van der Waals surface area (Å²) in [5.74, 6) is 1.24. The molecule has 1 unspecified atom stereocenters. The molecule has 3 saturated carbocycles. The molecule has 3 fully saturated rings. The smallest absolute Gasteiger partial charge is 0.226 e. The van der Waals surface area contributed by atoms with E-state index in [1.165, 1.54) is 0 Å². The molecule has 0 N–H and O–H groups in total. The molecule has 0 spiro atoms. The number of fused-ring (bicyclic) bond motifs is 7. The van der Waals surface area contributed by atoms with Crippen LogP contribution in [-0.4, -0.2) is 18.7 Å². The lowest BCUT2D eigenvalue weighted by Crippen LogP contribution is -2.65. The van der Waals surface area contributed by atoms with Crippen molar-refractivity contribution in [1.82, 2.24) is 0 Å². The van der Waals surface area contributed by atoms with Crippen LogP contribution >= 0.6 is 0 Å². The van der Waals surface area contributed by atoms with Crippen LogP contribution in [0.25, 0.3) is 4.85 Å². The second-order valence-corrected chi connectivity index (χ2v) is 15.0. The van der Waals surface area contributed by atoms with Crippen molar-refractivity contribution in [3.63, 3.8) is 0 Å². The van der Waals surface area contributed by atoms with E-state index in [-0.39, 0.29) is 56.7 Å². The fourth-order valence-corrected chi connectivity index (χ4v) is 10.3. The number of ketones is 2. The molecule has 0 heterocycles. The summed E-state index contributed by atoms with van der Waals surface area (Å²) in [6.45, 7) is 27.8. The molecule has 37 heavy (non-hydrogen) atoms. The Bertz CT molecular complexity index is 1200. The Labute approximate surface area is 223 Å². The summed E-state index contributed by atoms with van der Waals surface area (Å²) in [5.41, 5.74) is -0.0624. The molecule has 5 aliphatic rings. The molecule has 7 atom stereocenters. The summed E-state index contributed by atoms with van der Waals surface area (Å²) in [4.78, 5) is 31.3. The highest BCUT2D eigenvalue weighted by Crippen LogP contribution is 2.75. The number of methoxy groups -OCH3 is 1. The van der Waals surface area contributed by atoms with E-state index in [0.717, 1.165) is 56.3 Å². The highest BCUT2D eigenvalue weighted by Gasteiger charge is 2.70. The number of carbonyl (C=O) groups is 2. The molecule has 0 saturated heterocycles. The molecular weight excluding hydrogens is 458 g/mol. The van der Waals surface area contributed by atoms with Crippen molar-refractivity contribution in [2.45, 2.75) is 93.4 Å². The largest absolute Gasteiger partial charge is 0.501 e. The van der Waals surface area contributed by atoms with Crippen molar-refractivity contribution in [2.24, 2.45) is 50.2 Å². The third kappa shape index (κ3) is 3.12. The monoisotopic (exact) mass is 503 g/mol. The second-order valence-electron chi connectivity index (χ2n) is 15.0. The maximum atomic E-state index is 14.4. The highest BCUT2D eigenvalue weighted by atomic mass is 16.5. The van der Waals surface area contributed by atoms with Crippen molar-refractivity contribution in [2.75, 3.05) is 7.11 Å². The first-order chi connectivity index (χ1) is 17.0. The van der Waals surface area contributed by atoms with E-state index in [0.29, 0.717) is 0 Å². The van der Waals surface area contributed by atoms with Gasteiger partial charge in [0.2, 0.25) is 5.70 Å². The summed E-state index contributed by atoms with van der Waals surface area (Å²) in [6.07, 6.45) is 10.9. The van der Waals surface area contributed by atoms with E-state index >= 15 is 0 Å². The summed E-state index contributed by atoms with van der Waals surface area (Å²) >= 11 is 0. The van der Waals surface area contributed by atoms with Crippen LogP contribution in [0.15, 0.2) is 35.8 Å². The van der Waals surface area contributed by atoms with Gasteiger partial charge in [0.25, 0.3) is 0 Å². The van der Waals surface area contributed by atoms with Gasteiger partial charge in [-0.1, -0.05) is 66.7 Å². The van der Waals surface area contributed by atoms with Crippen LogP contribution in [0.3, 0.4) is 0 Å². The van der Waals surface area contributed by atoms with E-state index in [9.17, 15) is 9.59 Å². The average Bonchev–Trinajstić information content (AvgIpc) is 2.82. The van der Waals surface area contributed by atoms with Gasteiger partial charge in [-0.25, -0.2) is 4.85 Å². The van der Waals surface area contributed by atoms with E-state index in [2.05, 4.69) is 46.0 Å². The lowest BCUT2D eigenvalue weighted by atomic mass is 9.34. The Morgan fingerprint density at radius 3 is 2.30 bits per heavy atom. The Kier molecular flexibility index (Phi) is 5.51. The van der Waals surface area contributed by atoms with E-state index < -0.39 is 10.8 Å². The average molecular weight is 504 g/mol. The Morgan fingerprint density at radius 2 is 1.68 bits per heavy atom. The third-order valence-electron chi connectivity index (χ3n) is 12.6. The summed E-state index contributed by atoms with van der Waals surface area (Å²) in [5, 5.41) is 0. The van der Waals surface area contributed by atoms with E-state index in [1.54, 1.807) is 7.11 Å². The van der Waals surface area contributed by atoms with Crippen LogP contribution in [0, 0.1) is 56.8 Å². The fourth-order valence-electron chi connectivity index (χ4n) is 10.3. The van der Waals surface area contributed by atoms with E-state index in [4.69, 9.17) is 11.3 Å². The molecule has 0 aromatic heterocycles. The normalized spacial score (nSPS) is 45.6. The Balaban J connectivity index is 1.71. The van der Waals surface area contributed by atoms with Gasteiger partial charge in [-0.3, -0.25) is 4.79 Å². The molecule has 0 amide bonds. The minimum atomic E-state index is -0.627. The molecule has 0 aromatic carbocycles. The van der Waals surface area contributed by atoms with Crippen LogP contribution in [0.5, 0.6) is 0 Å². The number of allylic oxidation sites excluding steroid dienone is 5. The first kappa shape index (κ1) is 26.5. The maximum Gasteiger partial charge on any atom is 0.226 e. The zero-order valence-electron chi connectivity index (χ0n) is 24.2. The van der Waals surface area contributed by atoms with Gasteiger partial charge in [-0.2, -0.15) is 0 Å². The van der Waals surface area contributed by atoms with Gasteiger partial charge >= 0.3 is 0 Å². The van der Waals surface area contributed by atoms with Crippen LogP contribution in [0.1, 0.15) is 93.4 Å². The van der Waals surface area contributed by atoms with Crippen molar-refractivity contribution in [3.05, 3.63) is 47.2 Å². The predicted octanol–water partition coefficient (Wildman–Crippen LogP) is 7.72. The van der Waals surface area contributed by atoms with Gasteiger partial charge in [0.05, 0.1) is 19.4 Å². The van der Waals surface area contributed by atoms with Crippen LogP contribution in [0.4, 0.5) is 0 Å². The zero-order valence-corrected chi connectivity index (χ0v) is 24.2. The number of hydrogen-bond acceptors (Lipinski definition) is 3. The van der Waals surface area contributed by atoms with E-state index in [1.807, 2.05) is 26.0 Å². The standard InChI is InChI=1S/C33H45NO3/c1-20(37-10)33-15-13-28(2,3)18-21(33)26-23(35)17-25-30(6)19-22(34-9)27(36)29(4,5)24(30)11-12-31(25,7)32(26,8)14-16-33/h17,19,21,24,26H,1,11-16,18H2,2-8,10H3/t21-,24?,26-,30-,31+,32+,33+/m0/s1. The van der Waals surface area contributed by atoms with Gasteiger partial charge in [0.1, 0.15) is 0 Å². The maximum absolute atomic E-state index is 14.4. The van der Waals surface area contributed by atoms with Crippen molar-refractivity contribution >= 4 is 11.6 Å². The number of ether oxygens (including phenoxy) is 1. The first-order valence-electron chi connectivity index (χ1n) is 14.2. The molecule has 0 bridgehead atoms. The minimum absolute atomic E-state index is 0.0506. The number of nitrogens with zero attached hydrogens (tertiary/aromatic N) is 1. The fraction of sp³-hybridized carbons (Fsp3) is 0.727. The van der Waals surface area contributed by atoms with Crippen molar-refractivity contribution < 1.29 is 14.3 Å². The number of hydrogen-bond donors (Lipinski definition) is 0. The third-order valence-corrected chi connectivity index (χ3v) is 12.6. The van der Waals surface area contributed by atoms with Crippen LogP contribution in [-0.2, 0) is 14.3 Å². The van der Waals surface area contributed by atoms with Crippen LogP contribution < -0.4 is 0 Å². The van der Waals surface area contributed by atoms with Gasteiger partial charge in [0.15, 0.2) is 11.6 Å². The predicted molar refractivity (Wildman–Crippen MR) is 146 cm³/mol. The highest BCUT2D eigenvalue weighted by molar-refractivity contribution is 6.03. The van der Waals surface area contributed by atoms with Gasteiger partial charge in [0, 0.05) is 22.2 Å². The second kappa shape index (κ2) is 7.71. The summed E-state index contributed by atoms with van der Waals surface area (Å²) in [6, 6.07) is 0.